The Morgan fingerprint density at radius 2 is 1.29 bits per heavy atom. The first-order valence-electron chi connectivity index (χ1n) is 5.19. The quantitative estimate of drug-likeness (QED) is 0.263. The second-order valence-electron chi connectivity index (χ2n) is 4.20. The number of hydrogen-bond acceptors (Lipinski definition) is 2. The number of alkyl halides is 8. The van der Waals surface area contributed by atoms with E-state index in [1.807, 2.05) is 0 Å². The fourth-order valence-corrected chi connectivity index (χ4v) is 2.88. The van der Waals surface area contributed by atoms with Crippen LogP contribution in [0.2, 0.25) is 0 Å². The Labute approximate surface area is 119 Å². The van der Waals surface area contributed by atoms with Gasteiger partial charge in [0.05, 0.1) is 0 Å². The summed E-state index contributed by atoms with van der Waals surface area (Å²) in [4.78, 5) is 0. The van der Waals surface area contributed by atoms with Crippen LogP contribution in [0.3, 0.4) is 0 Å². The van der Waals surface area contributed by atoms with Crippen molar-refractivity contribution in [2.45, 2.75) is 35.9 Å². The molecule has 1 rings (SSSR count). The van der Waals surface area contributed by atoms with E-state index in [0.29, 0.717) is 0 Å². The van der Waals surface area contributed by atoms with Gasteiger partial charge < -0.3 is 0 Å². The van der Waals surface area contributed by atoms with Gasteiger partial charge >= 0.3 is 118 Å². The van der Waals surface area contributed by atoms with Gasteiger partial charge in [-0.15, -0.1) is 0 Å². The third-order valence-electron chi connectivity index (χ3n) is 2.70. The Bertz CT molecular complexity index is 529. The first kappa shape index (κ1) is 19.6. The minimum atomic E-state index is -6.86. The zero-order valence-electron chi connectivity index (χ0n) is 10.5. The molecule has 0 saturated heterocycles. The standard InChI is InChI=1S/C8H3F10O2.CF2.Cf/c9-3(10)1-20-5(19)2-4(11,12)6(13,14)8(17,18)7(5,15)16;2-1-3;/h1H,2H2;;/q-1;;+1. The summed E-state index contributed by atoms with van der Waals surface area (Å²) < 4.78 is 154. The first-order valence-corrected chi connectivity index (χ1v) is 7.59. The molecule has 0 radical (unpaired) electrons. The van der Waals surface area contributed by atoms with E-state index in [1.165, 1.54) is 0 Å². The Morgan fingerprint density at radius 1 is 0.792 bits per heavy atom. The molecule has 0 aromatic rings. The normalized spacial score (nSPS) is 29.3. The molecule has 0 aromatic carbocycles. The average molecular weight is 622 g/mol. The SMILES string of the molecule is FC(F)=COC1([O][Cf]=[C](F)F)CC(F)(F)C(F)(F)C(F)(F)C1(F)F. The summed E-state index contributed by atoms with van der Waals surface area (Å²) in [5.41, 5.74) is 0. The van der Waals surface area contributed by atoms with Gasteiger partial charge in [0.1, 0.15) is 0 Å². The van der Waals surface area contributed by atoms with Gasteiger partial charge in [-0.1, -0.05) is 0 Å². The second kappa shape index (κ2) is 5.27. The zero-order valence-corrected chi connectivity index (χ0v) is 13.1. The van der Waals surface area contributed by atoms with Gasteiger partial charge in [-0.25, -0.2) is 0 Å². The summed E-state index contributed by atoms with van der Waals surface area (Å²) in [6.45, 7) is -2.78. The Morgan fingerprint density at radius 3 is 1.71 bits per heavy atom. The Kier molecular flexibility index (Phi) is 4.30. The van der Waals surface area contributed by atoms with Gasteiger partial charge in [-0.05, 0) is 0 Å². The van der Waals surface area contributed by atoms with Crippen molar-refractivity contribution in [3.8, 4) is 0 Å². The number of rotatable bonds is 4. The molecule has 15 heteroatoms. The third-order valence-corrected chi connectivity index (χ3v) is 4.25. The van der Waals surface area contributed by atoms with E-state index in [-0.39, 0.29) is 0 Å². The number of halogens is 12. The van der Waals surface area contributed by atoms with Crippen molar-refractivity contribution in [2.24, 2.45) is 0 Å². The minimum absolute atomic E-state index is 1.06. The topological polar surface area (TPSA) is 18.5 Å². The molecule has 0 N–H and O–H groups in total. The monoisotopic (exact) mass is 620 g/mol. The van der Waals surface area contributed by atoms with Crippen molar-refractivity contribution in [1.29, 1.82) is 0 Å². The summed E-state index contributed by atoms with van der Waals surface area (Å²) in [7, 11) is 0. The van der Waals surface area contributed by atoms with Crippen LogP contribution in [0.5, 0.6) is 0 Å². The van der Waals surface area contributed by atoms with Crippen LogP contribution in [-0.4, -0.2) is 36.4 Å². The summed E-state index contributed by atoms with van der Waals surface area (Å²) in [6.07, 6.45) is -7.15. The van der Waals surface area contributed by atoms with E-state index in [4.69, 9.17) is 0 Å². The van der Waals surface area contributed by atoms with Crippen molar-refractivity contribution < 1.29 is 62.5 Å². The molecule has 1 aliphatic carbocycles. The predicted molar refractivity (Wildman–Crippen MR) is 46.8 cm³/mol. The molecule has 0 aromatic heterocycles. The maximum atomic E-state index is 13.7. The van der Waals surface area contributed by atoms with E-state index in [1.54, 1.807) is 0 Å². The van der Waals surface area contributed by atoms with E-state index >= 15 is 0 Å². The second-order valence-corrected chi connectivity index (χ2v) is 6.27. The van der Waals surface area contributed by atoms with Gasteiger partial charge in [-0.2, -0.15) is 0 Å². The molecular weight excluding hydrogens is 619 g/mol. The van der Waals surface area contributed by atoms with Crippen molar-refractivity contribution >= 4 is 6.93 Å². The molecule has 24 heavy (non-hydrogen) atoms. The molecular formula is C9H3CfF12O2. The summed E-state index contributed by atoms with van der Waals surface area (Å²) in [6, 6.07) is 0. The summed E-state index contributed by atoms with van der Waals surface area (Å²) in [5, 5.41) is 3.58. The van der Waals surface area contributed by atoms with Crippen LogP contribution in [0.25, 0.3) is 0 Å². The molecule has 1 atom stereocenters. The third kappa shape index (κ3) is 2.53. The Hall–Kier alpha value is -2.47. The van der Waals surface area contributed by atoms with E-state index in [0.717, 1.165) is 0 Å². The van der Waals surface area contributed by atoms with Gasteiger partial charge in [0.15, 0.2) is 0 Å². The maximum absolute atomic E-state index is 13.7. The first-order chi connectivity index (χ1) is 10.5. The van der Waals surface area contributed by atoms with Crippen LogP contribution in [-0.2, 0) is 9.84 Å². The molecule has 0 amide bonds. The molecule has 2 nitrogen and oxygen atoms in total. The van der Waals surface area contributed by atoms with Gasteiger partial charge in [0.25, 0.3) is 0 Å². The van der Waals surface area contributed by atoms with Crippen LogP contribution < -0.4 is 0 Å². The molecule has 0 heterocycles. The van der Waals surface area contributed by atoms with Crippen LogP contribution in [0.1, 0.15) is 6.42 Å². The molecule has 0 bridgehead atoms. The fourth-order valence-electron chi connectivity index (χ4n) is 1.59. The van der Waals surface area contributed by atoms with Crippen LogP contribution in [0.15, 0.2) is 12.3 Å². The molecule has 1 fully saturated rings. The van der Waals surface area contributed by atoms with Crippen molar-refractivity contribution in [3.05, 3.63) is 12.3 Å². The molecule has 1 unspecified atom stereocenters. The van der Waals surface area contributed by atoms with E-state index < -0.39 is 55.2 Å². The molecule has 145 valence electrons. The average Bonchev–Trinajstić information content (AvgIpc) is 2.39. The van der Waals surface area contributed by atoms with Crippen molar-refractivity contribution in [3.63, 3.8) is 0 Å². The number of hydrogen-bond donors (Lipinski definition) is 0. The predicted octanol–water partition coefficient (Wildman–Crippen LogP) is 4.43. The number of ether oxygens (including phenoxy) is 1. The van der Waals surface area contributed by atoms with Crippen molar-refractivity contribution in [2.75, 3.05) is 0 Å². The zero-order chi connectivity index (χ0) is 19.2. The fraction of sp³-hybridized carbons (Fsp3) is 0.667. The van der Waals surface area contributed by atoms with Crippen molar-refractivity contribution in [1.82, 2.24) is 0 Å². The summed E-state index contributed by atoms with van der Waals surface area (Å²) >= 11 is 0. The van der Waals surface area contributed by atoms with Gasteiger partial charge in [-0.3, -0.25) is 0 Å². The van der Waals surface area contributed by atoms with E-state index in [9.17, 15) is 52.7 Å². The molecule has 1 saturated carbocycles. The van der Waals surface area contributed by atoms with Crippen LogP contribution in [0, 0.1) is 0 Å². The van der Waals surface area contributed by atoms with Crippen LogP contribution in [0.4, 0.5) is 52.7 Å². The van der Waals surface area contributed by atoms with Gasteiger partial charge in [0, 0.05) is 0 Å². The Balaban J connectivity index is 3.61. The van der Waals surface area contributed by atoms with E-state index in [2.05, 4.69) is 9.84 Å². The molecule has 0 aliphatic heterocycles. The molecule has 1 aliphatic rings. The van der Waals surface area contributed by atoms with Gasteiger partial charge in [0.2, 0.25) is 0 Å². The molecule has 0 spiro atoms. The van der Waals surface area contributed by atoms with Crippen LogP contribution >= 0.6 is 0 Å². The summed E-state index contributed by atoms with van der Waals surface area (Å²) in [5.74, 6) is -30.6.